The molecule has 0 fully saturated rings. The van der Waals surface area contributed by atoms with Gasteiger partial charge >= 0.3 is 0 Å². The van der Waals surface area contributed by atoms with E-state index in [9.17, 15) is 0 Å². The number of para-hydroxylation sites is 5. The number of rotatable bonds is 4. The van der Waals surface area contributed by atoms with Gasteiger partial charge in [0.15, 0.2) is 34.6 Å². The average molecular weight is 581 g/mol. The molecule has 6 aromatic carbocycles. The van der Waals surface area contributed by atoms with Crippen LogP contribution < -0.4 is 9.64 Å². The second-order valence-corrected chi connectivity index (χ2v) is 10.9. The highest BCUT2D eigenvalue weighted by molar-refractivity contribution is 6.11. The maximum Gasteiger partial charge on any atom is 0.164 e. The van der Waals surface area contributed by atoms with Crippen LogP contribution in [0.4, 0.5) is 17.1 Å². The van der Waals surface area contributed by atoms with E-state index in [0.29, 0.717) is 17.5 Å². The van der Waals surface area contributed by atoms with Gasteiger partial charge in [0, 0.05) is 27.5 Å². The molecule has 9 rings (SSSR count). The zero-order chi connectivity index (χ0) is 29.7. The van der Waals surface area contributed by atoms with Crippen molar-refractivity contribution in [3.63, 3.8) is 0 Å². The first-order valence-electron chi connectivity index (χ1n) is 14.8. The summed E-state index contributed by atoms with van der Waals surface area (Å²) in [6.45, 7) is 0. The lowest BCUT2D eigenvalue weighted by Crippen LogP contribution is -2.15. The highest BCUT2D eigenvalue weighted by Gasteiger charge is 2.28. The van der Waals surface area contributed by atoms with Gasteiger partial charge in [0.25, 0.3) is 0 Å². The van der Waals surface area contributed by atoms with E-state index in [2.05, 4.69) is 47.4 Å². The van der Waals surface area contributed by atoms with Crippen molar-refractivity contribution in [3.05, 3.63) is 146 Å². The number of anilines is 3. The Labute approximate surface area is 258 Å². The van der Waals surface area contributed by atoms with Crippen LogP contribution in [0.2, 0.25) is 0 Å². The summed E-state index contributed by atoms with van der Waals surface area (Å²) >= 11 is 0. The molecule has 212 valence electrons. The van der Waals surface area contributed by atoms with E-state index in [1.165, 1.54) is 0 Å². The van der Waals surface area contributed by atoms with Gasteiger partial charge in [-0.3, -0.25) is 4.90 Å². The van der Waals surface area contributed by atoms with Crippen LogP contribution in [-0.2, 0) is 0 Å². The molecule has 3 heterocycles. The monoisotopic (exact) mass is 580 g/mol. The predicted molar refractivity (Wildman–Crippen MR) is 178 cm³/mol. The molecule has 45 heavy (non-hydrogen) atoms. The van der Waals surface area contributed by atoms with Crippen LogP contribution in [0.3, 0.4) is 0 Å². The Bertz CT molecular complexity index is 2260. The first-order valence-corrected chi connectivity index (χ1v) is 14.8. The largest absolute Gasteiger partial charge is 0.454 e. The Morgan fingerprint density at radius 3 is 1.58 bits per heavy atom. The van der Waals surface area contributed by atoms with E-state index < -0.39 is 0 Å². The average Bonchev–Trinajstić information content (AvgIpc) is 3.49. The van der Waals surface area contributed by atoms with Crippen molar-refractivity contribution in [1.82, 2.24) is 15.0 Å². The third-order valence-electron chi connectivity index (χ3n) is 8.11. The molecule has 1 aliphatic rings. The van der Waals surface area contributed by atoms with E-state index in [0.717, 1.165) is 67.2 Å². The molecule has 8 aromatic rings. The van der Waals surface area contributed by atoms with Crippen LogP contribution >= 0.6 is 0 Å². The van der Waals surface area contributed by atoms with Crippen LogP contribution in [-0.4, -0.2) is 15.0 Å². The molecule has 0 atom stereocenters. The molecule has 0 radical (unpaired) electrons. The van der Waals surface area contributed by atoms with Crippen molar-refractivity contribution in [3.8, 4) is 45.7 Å². The van der Waals surface area contributed by atoms with Gasteiger partial charge in [0.1, 0.15) is 5.58 Å². The van der Waals surface area contributed by atoms with Gasteiger partial charge in [-0.25, -0.2) is 15.0 Å². The van der Waals surface area contributed by atoms with E-state index in [4.69, 9.17) is 24.1 Å². The quantitative estimate of drug-likeness (QED) is 0.206. The summed E-state index contributed by atoms with van der Waals surface area (Å²) < 4.78 is 13.0. The third kappa shape index (κ3) is 4.23. The lowest BCUT2D eigenvalue weighted by Gasteiger charge is -2.32. The molecule has 0 bridgehead atoms. The molecule has 0 unspecified atom stereocenters. The fraction of sp³-hybridized carbons (Fsp3) is 0. The van der Waals surface area contributed by atoms with Gasteiger partial charge in [-0.05, 0) is 42.5 Å². The summed E-state index contributed by atoms with van der Waals surface area (Å²) in [7, 11) is 0. The predicted octanol–water partition coefficient (Wildman–Crippen LogP) is 10.3. The summed E-state index contributed by atoms with van der Waals surface area (Å²) in [4.78, 5) is 16.9. The fourth-order valence-corrected chi connectivity index (χ4v) is 6.00. The molecule has 2 aromatic heterocycles. The molecular formula is C39H24N4O2. The second kappa shape index (κ2) is 10.2. The SMILES string of the molecule is c1ccc(-c2nc(-c3ccccc3)nc(-c3ccc4c(c3)oc3c(N5c6ccccc6Oc6ccccc65)cccc34)n2)cc1. The molecule has 1 aliphatic heterocycles. The Balaban J connectivity index is 1.22. The first-order chi connectivity index (χ1) is 22.3. The Morgan fingerprint density at radius 2 is 0.956 bits per heavy atom. The van der Waals surface area contributed by atoms with Gasteiger partial charge in [-0.2, -0.15) is 0 Å². The van der Waals surface area contributed by atoms with E-state index >= 15 is 0 Å². The maximum absolute atomic E-state index is 6.71. The van der Waals surface area contributed by atoms with Gasteiger partial charge in [0.05, 0.1) is 17.1 Å². The van der Waals surface area contributed by atoms with Crippen LogP contribution in [0, 0.1) is 0 Å². The highest BCUT2D eigenvalue weighted by atomic mass is 16.5. The number of hydrogen-bond acceptors (Lipinski definition) is 6. The summed E-state index contributed by atoms with van der Waals surface area (Å²) in [6, 6.07) is 48.6. The van der Waals surface area contributed by atoms with Gasteiger partial charge in [-0.15, -0.1) is 0 Å². The molecular weight excluding hydrogens is 556 g/mol. The number of benzene rings is 6. The van der Waals surface area contributed by atoms with Crippen LogP contribution in [0.25, 0.3) is 56.1 Å². The zero-order valence-electron chi connectivity index (χ0n) is 24.0. The minimum atomic E-state index is 0.585. The highest BCUT2D eigenvalue weighted by Crippen LogP contribution is 2.52. The Kier molecular flexibility index (Phi) is 5.71. The number of nitrogens with zero attached hydrogens (tertiary/aromatic N) is 4. The Hall–Kier alpha value is -6.27. The number of fused-ring (bicyclic) bond motifs is 5. The minimum Gasteiger partial charge on any atom is -0.454 e. The maximum atomic E-state index is 6.71. The van der Waals surface area contributed by atoms with Crippen LogP contribution in [0.15, 0.2) is 150 Å². The molecule has 6 heteroatoms. The van der Waals surface area contributed by atoms with Crippen molar-refractivity contribution in [2.24, 2.45) is 0 Å². The third-order valence-corrected chi connectivity index (χ3v) is 8.11. The van der Waals surface area contributed by atoms with E-state index in [-0.39, 0.29) is 0 Å². The number of ether oxygens (including phenoxy) is 1. The molecule has 0 amide bonds. The summed E-state index contributed by atoms with van der Waals surface area (Å²) in [5.74, 6) is 3.42. The van der Waals surface area contributed by atoms with Crippen molar-refractivity contribution in [2.75, 3.05) is 4.90 Å². The lowest BCUT2D eigenvalue weighted by molar-refractivity contribution is 0.477. The van der Waals surface area contributed by atoms with Crippen molar-refractivity contribution >= 4 is 39.0 Å². The van der Waals surface area contributed by atoms with Crippen LogP contribution in [0.1, 0.15) is 0 Å². The molecule has 0 spiro atoms. The normalized spacial score (nSPS) is 12.1. The van der Waals surface area contributed by atoms with Crippen LogP contribution in [0.5, 0.6) is 11.5 Å². The van der Waals surface area contributed by atoms with Crippen molar-refractivity contribution < 1.29 is 9.15 Å². The standard InChI is InChI=1S/C39H24N4O2/c1-3-12-25(13-4-1)37-40-38(26-14-5-2-6-15-26)42-39(41-37)27-22-23-28-29-16-11-19-32(36(29)45-35(28)24-27)43-30-17-7-9-20-33(30)44-34-21-10-8-18-31(34)43/h1-24H. The first kappa shape index (κ1) is 25.2. The fourth-order valence-electron chi connectivity index (χ4n) is 6.00. The van der Waals surface area contributed by atoms with Gasteiger partial charge < -0.3 is 9.15 Å². The zero-order valence-corrected chi connectivity index (χ0v) is 24.0. The molecule has 0 saturated carbocycles. The van der Waals surface area contributed by atoms with E-state index in [1.54, 1.807) is 0 Å². The topological polar surface area (TPSA) is 64.3 Å². The molecule has 0 saturated heterocycles. The summed E-state index contributed by atoms with van der Waals surface area (Å²) in [6.07, 6.45) is 0. The van der Waals surface area contributed by atoms with Crippen molar-refractivity contribution in [1.29, 1.82) is 0 Å². The minimum absolute atomic E-state index is 0.585. The lowest BCUT2D eigenvalue weighted by atomic mass is 10.1. The number of furan rings is 1. The van der Waals surface area contributed by atoms with Crippen molar-refractivity contribution in [2.45, 2.75) is 0 Å². The van der Waals surface area contributed by atoms with E-state index in [1.807, 2.05) is 103 Å². The van der Waals surface area contributed by atoms with Gasteiger partial charge in [0.2, 0.25) is 0 Å². The molecule has 0 aliphatic carbocycles. The smallest absolute Gasteiger partial charge is 0.164 e. The molecule has 6 nitrogen and oxygen atoms in total. The second-order valence-electron chi connectivity index (χ2n) is 10.9. The molecule has 0 N–H and O–H groups in total. The Morgan fingerprint density at radius 1 is 0.422 bits per heavy atom. The number of aromatic nitrogens is 3. The number of hydrogen-bond donors (Lipinski definition) is 0. The summed E-state index contributed by atoms with van der Waals surface area (Å²) in [5, 5.41) is 2.05. The summed E-state index contributed by atoms with van der Waals surface area (Å²) in [5.41, 5.74) is 7.11. The van der Waals surface area contributed by atoms with Gasteiger partial charge in [-0.1, -0.05) is 103 Å².